The number of aromatic nitrogens is 2. The lowest BCUT2D eigenvalue weighted by molar-refractivity contribution is 0.465. The Morgan fingerprint density at radius 1 is 1.27 bits per heavy atom. The Morgan fingerprint density at radius 2 is 1.95 bits per heavy atom. The van der Waals surface area contributed by atoms with Gasteiger partial charge < -0.3 is 0 Å². The average Bonchev–Trinajstić information content (AvgIpc) is 2.88. The molecule has 0 saturated heterocycles. The fraction of sp³-hybridized carbons (Fsp3) is 0.438. The first-order chi connectivity index (χ1) is 10.3. The summed E-state index contributed by atoms with van der Waals surface area (Å²) in [7, 11) is -1.83. The lowest BCUT2D eigenvalue weighted by atomic mass is 10.0. The van der Waals surface area contributed by atoms with Crippen molar-refractivity contribution in [2.45, 2.75) is 38.1 Å². The molecule has 2 aromatic rings. The van der Waals surface area contributed by atoms with Gasteiger partial charge in [-0.2, -0.15) is 5.10 Å². The Hall–Kier alpha value is -1.66. The van der Waals surface area contributed by atoms with Crippen molar-refractivity contribution in [1.29, 1.82) is 0 Å². The molecule has 0 aliphatic heterocycles. The zero-order valence-electron chi connectivity index (χ0n) is 13.3. The van der Waals surface area contributed by atoms with E-state index in [9.17, 15) is 8.42 Å². The zero-order valence-corrected chi connectivity index (χ0v) is 14.1. The molecule has 1 N–H and O–H groups in total. The fourth-order valence-electron chi connectivity index (χ4n) is 3.34. The van der Waals surface area contributed by atoms with Crippen molar-refractivity contribution in [3.05, 3.63) is 46.8 Å². The number of hydrogen-bond acceptors (Lipinski definition) is 3. The van der Waals surface area contributed by atoms with Crippen molar-refractivity contribution >= 4 is 10.0 Å². The van der Waals surface area contributed by atoms with Crippen molar-refractivity contribution in [1.82, 2.24) is 14.5 Å². The molecule has 1 aromatic heterocycles. The van der Waals surface area contributed by atoms with Gasteiger partial charge in [0.15, 0.2) is 0 Å². The van der Waals surface area contributed by atoms with Gasteiger partial charge in [0.1, 0.15) is 4.90 Å². The van der Waals surface area contributed by atoms with Gasteiger partial charge in [-0.15, -0.1) is 0 Å². The number of aryl methyl sites for hydroxylation is 2. The van der Waals surface area contributed by atoms with Crippen molar-refractivity contribution < 1.29 is 8.42 Å². The molecular weight excluding hydrogens is 298 g/mol. The quantitative estimate of drug-likeness (QED) is 0.944. The highest BCUT2D eigenvalue weighted by molar-refractivity contribution is 7.89. The summed E-state index contributed by atoms with van der Waals surface area (Å²) in [4.78, 5) is 0.298. The van der Waals surface area contributed by atoms with E-state index in [2.05, 4.69) is 22.8 Å². The van der Waals surface area contributed by atoms with Crippen LogP contribution in [0.1, 0.15) is 35.5 Å². The molecule has 118 valence electrons. The van der Waals surface area contributed by atoms with Crippen LogP contribution in [0.25, 0.3) is 0 Å². The van der Waals surface area contributed by atoms with E-state index in [0.717, 1.165) is 12.0 Å². The number of rotatable bonds is 3. The van der Waals surface area contributed by atoms with Gasteiger partial charge in [0.25, 0.3) is 0 Å². The predicted molar refractivity (Wildman–Crippen MR) is 85.1 cm³/mol. The molecule has 1 aliphatic rings. The van der Waals surface area contributed by atoms with Crippen molar-refractivity contribution in [2.75, 3.05) is 0 Å². The van der Waals surface area contributed by atoms with E-state index in [-0.39, 0.29) is 12.0 Å². The van der Waals surface area contributed by atoms with Gasteiger partial charge in [-0.05, 0) is 37.3 Å². The van der Waals surface area contributed by atoms with Crippen molar-refractivity contribution in [3.8, 4) is 0 Å². The summed E-state index contributed by atoms with van der Waals surface area (Å²) in [6, 6.07) is 7.85. The molecular formula is C16H21N3O2S. The van der Waals surface area contributed by atoms with Crippen LogP contribution in [0.3, 0.4) is 0 Å². The van der Waals surface area contributed by atoms with E-state index in [0.29, 0.717) is 16.3 Å². The SMILES string of the molecule is Cc1nn(C)c(C)c1S(=O)(=O)N[C@@H]1c2ccccc2C[C@H]1C. The molecule has 1 heterocycles. The largest absolute Gasteiger partial charge is 0.271 e. The summed E-state index contributed by atoms with van der Waals surface area (Å²) < 4.78 is 30.2. The van der Waals surface area contributed by atoms with E-state index in [1.54, 1.807) is 25.6 Å². The molecule has 6 heteroatoms. The minimum absolute atomic E-state index is 0.180. The van der Waals surface area contributed by atoms with Crippen molar-refractivity contribution in [2.24, 2.45) is 13.0 Å². The average molecular weight is 319 g/mol. The predicted octanol–water partition coefficient (Wildman–Crippen LogP) is 2.25. The molecule has 0 amide bonds. The van der Waals surface area contributed by atoms with Crippen LogP contribution in [-0.2, 0) is 23.5 Å². The van der Waals surface area contributed by atoms with Crippen LogP contribution in [0, 0.1) is 19.8 Å². The van der Waals surface area contributed by atoms with Crippen LogP contribution in [0.4, 0.5) is 0 Å². The summed E-state index contributed by atoms with van der Waals surface area (Å²) in [6.45, 7) is 5.59. The molecule has 2 atom stereocenters. The normalized spacial score (nSPS) is 21.1. The summed E-state index contributed by atoms with van der Waals surface area (Å²) in [5.41, 5.74) is 3.50. The van der Waals surface area contributed by atoms with Gasteiger partial charge in [0.05, 0.1) is 17.4 Å². The third-order valence-electron chi connectivity index (χ3n) is 4.49. The van der Waals surface area contributed by atoms with E-state index in [4.69, 9.17) is 0 Å². The van der Waals surface area contributed by atoms with E-state index >= 15 is 0 Å². The van der Waals surface area contributed by atoms with Gasteiger partial charge in [-0.1, -0.05) is 31.2 Å². The standard InChI is InChI=1S/C16H21N3O2S/c1-10-9-13-7-5-6-8-14(13)15(10)18-22(20,21)16-11(2)17-19(4)12(16)3/h5-8,10,15,18H,9H2,1-4H3/t10-,15+/m1/s1. The molecule has 22 heavy (non-hydrogen) atoms. The third kappa shape index (κ3) is 2.36. The molecule has 3 rings (SSSR count). The second kappa shape index (κ2) is 5.21. The molecule has 0 unspecified atom stereocenters. The number of nitrogens with zero attached hydrogens (tertiary/aromatic N) is 2. The molecule has 5 nitrogen and oxygen atoms in total. The Kier molecular flexibility index (Phi) is 3.61. The van der Waals surface area contributed by atoms with Crippen molar-refractivity contribution in [3.63, 3.8) is 0 Å². The van der Waals surface area contributed by atoms with Crippen LogP contribution in [0.5, 0.6) is 0 Å². The number of hydrogen-bond donors (Lipinski definition) is 1. The summed E-state index contributed by atoms with van der Waals surface area (Å²) in [6.07, 6.45) is 0.897. The molecule has 0 radical (unpaired) electrons. The fourth-order valence-corrected chi connectivity index (χ4v) is 5.11. The molecule has 0 spiro atoms. The Labute approximate surface area is 131 Å². The topological polar surface area (TPSA) is 64.0 Å². The number of nitrogens with one attached hydrogen (secondary N) is 1. The Balaban J connectivity index is 1.99. The molecule has 0 fully saturated rings. The second-order valence-electron chi connectivity index (χ2n) is 6.10. The molecule has 1 aromatic carbocycles. The number of fused-ring (bicyclic) bond motifs is 1. The highest BCUT2D eigenvalue weighted by Crippen LogP contribution is 2.37. The van der Waals surface area contributed by atoms with E-state index in [1.807, 2.05) is 18.2 Å². The molecule has 0 saturated carbocycles. The van der Waals surface area contributed by atoms with E-state index in [1.165, 1.54) is 5.56 Å². The lowest BCUT2D eigenvalue weighted by Gasteiger charge is -2.19. The summed E-state index contributed by atoms with van der Waals surface area (Å²) in [5, 5.41) is 4.21. The van der Waals surface area contributed by atoms with Crippen LogP contribution >= 0.6 is 0 Å². The highest BCUT2D eigenvalue weighted by atomic mass is 32.2. The van der Waals surface area contributed by atoms with Gasteiger partial charge in [-0.25, -0.2) is 13.1 Å². The Morgan fingerprint density at radius 3 is 2.59 bits per heavy atom. The first-order valence-electron chi connectivity index (χ1n) is 7.41. The van der Waals surface area contributed by atoms with Gasteiger partial charge >= 0.3 is 0 Å². The van der Waals surface area contributed by atoms with Gasteiger partial charge in [0, 0.05) is 7.05 Å². The monoisotopic (exact) mass is 319 g/mol. The van der Waals surface area contributed by atoms with Crippen LogP contribution in [-0.4, -0.2) is 18.2 Å². The summed E-state index contributed by atoms with van der Waals surface area (Å²) in [5.74, 6) is 0.240. The third-order valence-corrected chi connectivity index (χ3v) is 6.19. The maximum absolute atomic E-state index is 12.8. The minimum atomic E-state index is -3.59. The van der Waals surface area contributed by atoms with Crippen LogP contribution in [0.2, 0.25) is 0 Å². The first-order valence-corrected chi connectivity index (χ1v) is 8.90. The number of sulfonamides is 1. The number of benzene rings is 1. The smallest absolute Gasteiger partial charge is 0.244 e. The zero-order chi connectivity index (χ0) is 16.1. The lowest BCUT2D eigenvalue weighted by Crippen LogP contribution is -2.31. The van der Waals surface area contributed by atoms with E-state index < -0.39 is 10.0 Å². The first kappa shape index (κ1) is 15.2. The maximum atomic E-state index is 12.8. The van der Waals surface area contributed by atoms with Gasteiger partial charge in [0.2, 0.25) is 10.0 Å². The van der Waals surface area contributed by atoms with Crippen LogP contribution in [0.15, 0.2) is 29.2 Å². The molecule has 0 bridgehead atoms. The minimum Gasteiger partial charge on any atom is -0.271 e. The highest BCUT2D eigenvalue weighted by Gasteiger charge is 2.34. The Bertz CT molecular complexity index is 824. The second-order valence-corrected chi connectivity index (χ2v) is 7.75. The van der Waals surface area contributed by atoms with Crippen LogP contribution < -0.4 is 4.72 Å². The molecule has 1 aliphatic carbocycles. The van der Waals surface area contributed by atoms with Gasteiger partial charge in [-0.3, -0.25) is 4.68 Å². The maximum Gasteiger partial charge on any atom is 0.244 e. The summed E-state index contributed by atoms with van der Waals surface area (Å²) >= 11 is 0.